The predicted molar refractivity (Wildman–Crippen MR) is 81.0 cm³/mol. The van der Waals surface area contributed by atoms with Crippen molar-refractivity contribution < 1.29 is 8.42 Å². The molecule has 0 spiro atoms. The van der Waals surface area contributed by atoms with Gasteiger partial charge in [0.25, 0.3) is 0 Å². The summed E-state index contributed by atoms with van der Waals surface area (Å²) in [5.41, 5.74) is 0. The van der Waals surface area contributed by atoms with E-state index in [4.69, 9.17) is 0 Å². The maximum atomic E-state index is 12.2. The van der Waals surface area contributed by atoms with Crippen LogP contribution in [0.5, 0.6) is 0 Å². The number of rotatable bonds is 10. The standard InChI is InChI=1S/C13H24N2O2S2/c1-3-5-6-9-15-19(16,17)13-7-10-18-12(13)11-14-8-4-2/h7,10,14-15H,3-6,8-9,11H2,1-2H3. The Hall–Kier alpha value is -0.430. The zero-order chi connectivity index (χ0) is 14.1. The van der Waals surface area contributed by atoms with E-state index in [0.717, 1.165) is 37.1 Å². The molecule has 19 heavy (non-hydrogen) atoms. The Morgan fingerprint density at radius 3 is 2.63 bits per heavy atom. The summed E-state index contributed by atoms with van der Waals surface area (Å²) in [6.07, 6.45) is 4.08. The minimum atomic E-state index is -3.34. The van der Waals surface area contributed by atoms with E-state index in [-0.39, 0.29) is 0 Å². The Morgan fingerprint density at radius 1 is 1.16 bits per heavy atom. The quantitative estimate of drug-likeness (QED) is 0.653. The number of sulfonamides is 1. The molecule has 0 aliphatic carbocycles. The third-order valence-electron chi connectivity index (χ3n) is 2.78. The van der Waals surface area contributed by atoms with Crippen molar-refractivity contribution >= 4 is 21.4 Å². The predicted octanol–water partition coefficient (Wildman–Crippen LogP) is 2.72. The van der Waals surface area contributed by atoms with E-state index >= 15 is 0 Å². The lowest BCUT2D eigenvalue weighted by molar-refractivity contribution is 0.574. The summed E-state index contributed by atoms with van der Waals surface area (Å²) in [7, 11) is -3.34. The largest absolute Gasteiger partial charge is 0.312 e. The van der Waals surface area contributed by atoms with Gasteiger partial charge in [0.1, 0.15) is 0 Å². The second kappa shape index (κ2) is 8.68. The highest BCUT2D eigenvalue weighted by Crippen LogP contribution is 2.21. The molecular formula is C13H24N2O2S2. The van der Waals surface area contributed by atoms with E-state index in [1.165, 1.54) is 11.3 Å². The van der Waals surface area contributed by atoms with Crippen LogP contribution in [0.15, 0.2) is 16.3 Å². The molecular weight excluding hydrogens is 280 g/mol. The number of nitrogens with one attached hydrogen (secondary N) is 2. The van der Waals surface area contributed by atoms with Crippen LogP contribution in [0.4, 0.5) is 0 Å². The fraction of sp³-hybridized carbons (Fsp3) is 0.692. The molecule has 0 atom stereocenters. The molecule has 4 nitrogen and oxygen atoms in total. The molecule has 1 heterocycles. The average Bonchev–Trinajstić information content (AvgIpc) is 2.84. The third kappa shape index (κ3) is 5.60. The molecule has 6 heteroatoms. The van der Waals surface area contributed by atoms with Gasteiger partial charge >= 0.3 is 0 Å². The molecule has 0 radical (unpaired) electrons. The van der Waals surface area contributed by atoms with E-state index in [2.05, 4.69) is 23.9 Å². The van der Waals surface area contributed by atoms with E-state index in [1.807, 2.05) is 5.38 Å². The Morgan fingerprint density at radius 2 is 1.95 bits per heavy atom. The summed E-state index contributed by atoms with van der Waals surface area (Å²) in [5, 5.41) is 5.08. The zero-order valence-corrected chi connectivity index (χ0v) is 13.4. The molecule has 0 fully saturated rings. The Balaban J connectivity index is 2.59. The minimum absolute atomic E-state index is 0.428. The average molecular weight is 304 g/mol. The Labute approximate surface area is 120 Å². The van der Waals surface area contributed by atoms with Crippen molar-refractivity contribution in [3.8, 4) is 0 Å². The first-order valence-electron chi connectivity index (χ1n) is 6.88. The highest BCUT2D eigenvalue weighted by molar-refractivity contribution is 7.89. The molecule has 110 valence electrons. The number of hydrogen-bond acceptors (Lipinski definition) is 4. The van der Waals surface area contributed by atoms with E-state index in [1.54, 1.807) is 6.07 Å². The topological polar surface area (TPSA) is 58.2 Å². The van der Waals surface area contributed by atoms with Crippen LogP contribution in [0.2, 0.25) is 0 Å². The summed E-state index contributed by atoms with van der Waals surface area (Å²) in [5.74, 6) is 0. The van der Waals surface area contributed by atoms with E-state index < -0.39 is 10.0 Å². The second-order valence-corrected chi connectivity index (χ2v) is 7.23. The van der Waals surface area contributed by atoms with Crippen LogP contribution in [0.1, 0.15) is 44.4 Å². The second-order valence-electron chi connectivity index (χ2n) is 4.49. The Kier molecular flexibility index (Phi) is 7.60. The number of hydrogen-bond donors (Lipinski definition) is 2. The number of thiophene rings is 1. The lowest BCUT2D eigenvalue weighted by Gasteiger charge is -2.08. The molecule has 0 aromatic carbocycles. The van der Waals surface area contributed by atoms with Crippen LogP contribution in [0.3, 0.4) is 0 Å². The van der Waals surface area contributed by atoms with Gasteiger partial charge in [-0.05, 0) is 30.8 Å². The SMILES string of the molecule is CCCCCNS(=O)(=O)c1ccsc1CNCCC. The molecule has 0 amide bonds. The van der Waals surface area contributed by atoms with E-state index in [0.29, 0.717) is 18.0 Å². The van der Waals surface area contributed by atoms with Gasteiger partial charge in [0, 0.05) is 18.0 Å². The molecule has 1 aromatic heterocycles. The summed E-state index contributed by atoms with van der Waals surface area (Å²) >= 11 is 1.49. The van der Waals surface area contributed by atoms with Crippen molar-refractivity contribution in [2.75, 3.05) is 13.1 Å². The normalized spacial score (nSPS) is 11.9. The van der Waals surface area contributed by atoms with Gasteiger partial charge in [-0.2, -0.15) is 0 Å². The van der Waals surface area contributed by atoms with Crippen molar-refractivity contribution in [3.05, 3.63) is 16.3 Å². The summed E-state index contributed by atoms with van der Waals surface area (Å²) in [6.45, 7) is 6.24. The van der Waals surface area contributed by atoms with Crippen LogP contribution in [0, 0.1) is 0 Å². The summed E-state index contributed by atoms with van der Waals surface area (Å²) in [4.78, 5) is 1.31. The maximum Gasteiger partial charge on any atom is 0.241 e. The van der Waals surface area contributed by atoms with Gasteiger partial charge < -0.3 is 5.32 Å². The van der Waals surface area contributed by atoms with Crippen molar-refractivity contribution in [3.63, 3.8) is 0 Å². The lowest BCUT2D eigenvalue weighted by atomic mass is 10.3. The van der Waals surface area contributed by atoms with Crippen molar-refractivity contribution in [2.24, 2.45) is 0 Å². The van der Waals surface area contributed by atoms with Gasteiger partial charge in [-0.25, -0.2) is 13.1 Å². The van der Waals surface area contributed by atoms with Crippen LogP contribution >= 0.6 is 11.3 Å². The first-order valence-corrected chi connectivity index (χ1v) is 9.24. The highest BCUT2D eigenvalue weighted by atomic mass is 32.2. The van der Waals surface area contributed by atoms with Crippen LogP contribution in [0.25, 0.3) is 0 Å². The summed E-state index contributed by atoms with van der Waals surface area (Å²) in [6, 6.07) is 1.69. The van der Waals surface area contributed by atoms with Crippen LogP contribution < -0.4 is 10.0 Å². The molecule has 1 aromatic rings. The highest BCUT2D eigenvalue weighted by Gasteiger charge is 2.18. The monoisotopic (exact) mass is 304 g/mol. The maximum absolute atomic E-state index is 12.2. The number of unbranched alkanes of at least 4 members (excludes halogenated alkanes) is 2. The van der Waals surface area contributed by atoms with Crippen molar-refractivity contribution in [1.29, 1.82) is 0 Å². The fourth-order valence-corrected chi connectivity index (χ4v) is 4.22. The van der Waals surface area contributed by atoms with Crippen molar-refractivity contribution in [1.82, 2.24) is 10.0 Å². The fourth-order valence-electron chi connectivity index (χ4n) is 1.74. The molecule has 0 saturated heterocycles. The third-order valence-corrected chi connectivity index (χ3v) is 5.37. The molecule has 0 unspecified atom stereocenters. The van der Waals surface area contributed by atoms with Crippen LogP contribution in [-0.2, 0) is 16.6 Å². The van der Waals surface area contributed by atoms with E-state index in [9.17, 15) is 8.42 Å². The molecule has 2 N–H and O–H groups in total. The lowest BCUT2D eigenvalue weighted by Crippen LogP contribution is -2.26. The van der Waals surface area contributed by atoms with Crippen LogP contribution in [-0.4, -0.2) is 21.5 Å². The van der Waals surface area contributed by atoms with Gasteiger partial charge in [-0.15, -0.1) is 11.3 Å². The van der Waals surface area contributed by atoms with Gasteiger partial charge in [-0.3, -0.25) is 0 Å². The molecule has 0 aliphatic heterocycles. The molecule has 1 rings (SSSR count). The molecule has 0 aliphatic rings. The Bertz CT molecular complexity index is 455. The molecule has 0 saturated carbocycles. The molecule has 0 bridgehead atoms. The smallest absolute Gasteiger partial charge is 0.241 e. The van der Waals surface area contributed by atoms with Gasteiger partial charge in [-0.1, -0.05) is 26.7 Å². The van der Waals surface area contributed by atoms with Gasteiger partial charge in [0.05, 0.1) is 4.90 Å². The first-order chi connectivity index (χ1) is 9.11. The van der Waals surface area contributed by atoms with Gasteiger partial charge in [0.15, 0.2) is 0 Å². The summed E-state index contributed by atoms with van der Waals surface area (Å²) < 4.78 is 27.0. The van der Waals surface area contributed by atoms with Gasteiger partial charge in [0.2, 0.25) is 10.0 Å². The minimum Gasteiger partial charge on any atom is -0.312 e. The zero-order valence-electron chi connectivity index (χ0n) is 11.7. The van der Waals surface area contributed by atoms with Crippen molar-refractivity contribution in [2.45, 2.75) is 51.0 Å². The first kappa shape index (κ1) is 16.6.